The number of hydrogen-bond acceptors (Lipinski definition) is 2. The minimum atomic E-state index is 0. The molecule has 2 N–H and O–H groups in total. The number of amides is 1. The van der Waals surface area contributed by atoms with Crippen LogP contribution < -0.4 is 10.6 Å². The van der Waals surface area contributed by atoms with Crippen LogP contribution >= 0.6 is 12.4 Å². The lowest BCUT2D eigenvalue weighted by Crippen LogP contribution is -2.45. The lowest BCUT2D eigenvalue weighted by Gasteiger charge is -2.29. The number of carbonyl (C=O) groups excluding carboxylic acids is 1. The Bertz CT molecular complexity index is 441. The summed E-state index contributed by atoms with van der Waals surface area (Å²) in [5, 5.41) is 6.39. The van der Waals surface area contributed by atoms with Gasteiger partial charge in [-0.2, -0.15) is 0 Å². The minimum absolute atomic E-state index is 0. The molecule has 1 fully saturated rings. The number of rotatable bonds is 5. The average molecular weight is 311 g/mol. The van der Waals surface area contributed by atoms with Gasteiger partial charge in [0.05, 0.1) is 6.04 Å². The molecule has 1 aromatic carbocycles. The topological polar surface area (TPSA) is 41.1 Å². The van der Waals surface area contributed by atoms with Crippen LogP contribution in [0, 0.1) is 0 Å². The Balaban J connectivity index is 0.00000220. The van der Waals surface area contributed by atoms with Gasteiger partial charge in [-0.3, -0.25) is 4.79 Å². The Morgan fingerprint density at radius 3 is 2.62 bits per heavy atom. The number of nitrogens with one attached hydrogen (secondary N) is 2. The van der Waals surface area contributed by atoms with E-state index in [9.17, 15) is 4.79 Å². The quantitative estimate of drug-likeness (QED) is 0.877. The Kier molecular flexibility index (Phi) is 6.69. The predicted molar refractivity (Wildman–Crippen MR) is 90.0 cm³/mol. The Morgan fingerprint density at radius 1 is 1.38 bits per heavy atom. The molecule has 0 saturated carbocycles. The molecule has 21 heavy (non-hydrogen) atoms. The van der Waals surface area contributed by atoms with Crippen LogP contribution in [0.1, 0.15) is 45.6 Å². The first kappa shape index (κ1) is 18.0. The lowest BCUT2D eigenvalue weighted by atomic mass is 9.79. The zero-order valence-corrected chi connectivity index (χ0v) is 14.0. The van der Waals surface area contributed by atoms with Crippen LogP contribution in [0.25, 0.3) is 0 Å². The van der Waals surface area contributed by atoms with Gasteiger partial charge in [0.1, 0.15) is 0 Å². The van der Waals surface area contributed by atoms with Gasteiger partial charge in [-0.25, -0.2) is 0 Å². The van der Waals surface area contributed by atoms with E-state index >= 15 is 0 Å². The van der Waals surface area contributed by atoms with Crippen molar-refractivity contribution in [3.05, 3.63) is 35.9 Å². The maximum absolute atomic E-state index is 12.1. The number of hydrogen-bond donors (Lipinski definition) is 2. The second kappa shape index (κ2) is 7.81. The predicted octanol–water partition coefficient (Wildman–Crippen LogP) is 3.03. The highest BCUT2D eigenvalue weighted by Crippen LogP contribution is 2.28. The van der Waals surface area contributed by atoms with Crippen LogP contribution in [-0.4, -0.2) is 24.5 Å². The number of halogens is 1. The molecule has 1 saturated heterocycles. The molecule has 2 atom stereocenters. The zero-order valence-electron chi connectivity index (χ0n) is 13.2. The van der Waals surface area contributed by atoms with E-state index in [1.165, 1.54) is 5.56 Å². The first-order valence-electron chi connectivity index (χ1n) is 7.58. The highest BCUT2D eigenvalue weighted by molar-refractivity contribution is 5.85. The van der Waals surface area contributed by atoms with E-state index in [2.05, 4.69) is 55.7 Å². The standard InChI is InChI=1S/C17H26N2O.ClH/c1-13(19-16(20)15-10-7-11-18-15)12-17(2,3)14-8-5-4-6-9-14;/h4-6,8-9,13,15,18H,7,10-12H2,1-3H3,(H,19,20);1H. The molecule has 0 bridgehead atoms. The summed E-state index contributed by atoms with van der Waals surface area (Å²) in [6.45, 7) is 7.52. The van der Waals surface area contributed by atoms with Crippen LogP contribution in [0.5, 0.6) is 0 Å². The van der Waals surface area contributed by atoms with Gasteiger partial charge >= 0.3 is 0 Å². The van der Waals surface area contributed by atoms with Crippen molar-refractivity contribution >= 4 is 18.3 Å². The highest BCUT2D eigenvalue weighted by atomic mass is 35.5. The lowest BCUT2D eigenvalue weighted by molar-refractivity contribution is -0.123. The Morgan fingerprint density at radius 2 is 2.05 bits per heavy atom. The van der Waals surface area contributed by atoms with Crippen LogP contribution in [0.2, 0.25) is 0 Å². The molecule has 2 unspecified atom stereocenters. The molecule has 118 valence electrons. The summed E-state index contributed by atoms with van der Waals surface area (Å²) in [5.41, 5.74) is 1.39. The zero-order chi connectivity index (χ0) is 14.6. The summed E-state index contributed by atoms with van der Waals surface area (Å²) >= 11 is 0. The fourth-order valence-electron chi connectivity index (χ4n) is 3.08. The molecular weight excluding hydrogens is 284 g/mol. The average Bonchev–Trinajstić information content (AvgIpc) is 2.93. The van der Waals surface area contributed by atoms with E-state index in [0.717, 1.165) is 25.8 Å². The second-order valence-corrected chi connectivity index (χ2v) is 6.51. The summed E-state index contributed by atoms with van der Waals surface area (Å²) in [6.07, 6.45) is 3.00. The van der Waals surface area contributed by atoms with E-state index < -0.39 is 0 Å². The van der Waals surface area contributed by atoms with Gasteiger partial charge in [0.15, 0.2) is 0 Å². The minimum Gasteiger partial charge on any atom is -0.352 e. The maximum atomic E-state index is 12.1. The van der Waals surface area contributed by atoms with Crippen molar-refractivity contribution in [3.8, 4) is 0 Å². The molecule has 1 aromatic rings. The molecule has 1 aliphatic rings. The molecule has 4 heteroatoms. The summed E-state index contributed by atoms with van der Waals surface area (Å²) in [5.74, 6) is 0.152. The van der Waals surface area contributed by atoms with Crippen LogP contribution in [-0.2, 0) is 10.2 Å². The first-order chi connectivity index (χ1) is 9.49. The summed E-state index contributed by atoms with van der Waals surface area (Å²) in [7, 11) is 0. The van der Waals surface area contributed by atoms with E-state index in [4.69, 9.17) is 0 Å². The van der Waals surface area contributed by atoms with Gasteiger partial charge in [0.25, 0.3) is 0 Å². The van der Waals surface area contributed by atoms with Crippen LogP contribution in [0.3, 0.4) is 0 Å². The van der Waals surface area contributed by atoms with Crippen molar-refractivity contribution in [1.82, 2.24) is 10.6 Å². The van der Waals surface area contributed by atoms with E-state index in [0.29, 0.717) is 0 Å². The van der Waals surface area contributed by atoms with Gasteiger partial charge in [-0.1, -0.05) is 44.2 Å². The smallest absolute Gasteiger partial charge is 0.237 e. The van der Waals surface area contributed by atoms with Crippen molar-refractivity contribution in [1.29, 1.82) is 0 Å². The third-order valence-corrected chi connectivity index (χ3v) is 4.14. The normalized spacial score (nSPS) is 19.7. The van der Waals surface area contributed by atoms with E-state index in [1.807, 2.05) is 6.07 Å². The maximum Gasteiger partial charge on any atom is 0.237 e. The Labute approximate surface area is 134 Å². The molecule has 3 nitrogen and oxygen atoms in total. The number of benzene rings is 1. The molecule has 1 amide bonds. The van der Waals surface area contributed by atoms with Crippen molar-refractivity contribution in [2.24, 2.45) is 0 Å². The third kappa shape index (κ3) is 5.01. The van der Waals surface area contributed by atoms with Crippen LogP contribution in [0.15, 0.2) is 30.3 Å². The summed E-state index contributed by atoms with van der Waals surface area (Å²) in [4.78, 5) is 12.1. The SMILES string of the molecule is CC(CC(C)(C)c1ccccc1)NC(=O)C1CCCN1.Cl. The first-order valence-corrected chi connectivity index (χ1v) is 7.58. The van der Waals surface area contributed by atoms with Crippen molar-refractivity contribution in [3.63, 3.8) is 0 Å². The molecule has 0 spiro atoms. The van der Waals surface area contributed by atoms with Crippen molar-refractivity contribution in [2.45, 2.75) is 57.5 Å². The van der Waals surface area contributed by atoms with Gasteiger partial charge < -0.3 is 10.6 Å². The van der Waals surface area contributed by atoms with E-state index in [1.54, 1.807) is 0 Å². The Hall–Kier alpha value is -1.06. The second-order valence-electron chi connectivity index (χ2n) is 6.51. The molecular formula is C17H27ClN2O. The van der Waals surface area contributed by atoms with Gasteiger partial charge in [0.2, 0.25) is 5.91 Å². The largest absolute Gasteiger partial charge is 0.352 e. The third-order valence-electron chi connectivity index (χ3n) is 4.14. The molecule has 0 aromatic heterocycles. The summed E-state index contributed by atoms with van der Waals surface area (Å²) in [6, 6.07) is 10.7. The number of carbonyl (C=O) groups is 1. The fraction of sp³-hybridized carbons (Fsp3) is 0.588. The molecule has 1 aliphatic heterocycles. The molecule has 2 rings (SSSR count). The molecule has 0 aliphatic carbocycles. The molecule has 1 heterocycles. The van der Waals surface area contributed by atoms with Gasteiger partial charge in [-0.05, 0) is 43.7 Å². The van der Waals surface area contributed by atoms with Crippen molar-refractivity contribution < 1.29 is 4.79 Å². The van der Waals surface area contributed by atoms with Crippen molar-refractivity contribution in [2.75, 3.05) is 6.54 Å². The summed E-state index contributed by atoms with van der Waals surface area (Å²) < 4.78 is 0. The monoisotopic (exact) mass is 310 g/mol. The van der Waals surface area contributed by atoms with Crippen LogP contribution in [0.4, 0.5) is 0 Å². The van der Waals surface area contributed by atoms with E-state index in [-0.39, 0.29) is 35.8 Å². The van der Waals surface area contributed by atoms with Gasteiger partial charge in [-0.15, -0.1) is 12.4 Å². The van der Waals surface area contributed by atoms with Gasteiger partial charge in [0, 0.05) is 6.04 Å². The fourth-order valence-corrected chi connectivity index (χ4v) is 3.08. The highest BCUT2D eigenvalue weighted by Gasteiger charge is 2.27. The molecule has 0 radical (unpaired) electrons.